The molecule has 1 aliphatic heterocycles. The number of hydrogen-bond acceptors (Lipinski definition) is 6. The average molecular weight is 311 g/mol. The van der Waals surface area contributed by atoms with Crippen LogP contribution in [-0.2, 0) is 4.79 Å². The molecule has 4 N–H and O–H groups in total. The van der Waals surface area contributed by atoms with Gasteiger partial charge >= 0.3 is 0 Å². The number of carbonyl (C=O) groups excluding carboxylic acids is 2. The quantitative estimate of drug-likeness (QED) is 0.753. The molecule has 21 heavy (non-hydrogen) atoms. The third-order valence-corrected chi connectivity index (χ3v) is 3.85. The predicted octanol–water partition coefficient (Wildman–Crippen LogP) is 0.898. The highest BCUT2D eigenvalue weighted by Crippen LogP contribution is 2.28. The number of thiazole rings is 1. The van der Waals surface area contributed by atoms with Gasteiger partial charge in [-0.05, 0) is 27.2 Å². The predicted molar refractivity (Wildman–Crippen MR) is 83.4 cm³/mol. The van der Waals surface area contributed by atoms with Crippen molar-refractivity contribution >= 4 is 34.1 Å². The summed E-state index contributed by atoms with van der Waals surface area (Å²) >= 11 is 1.23. The second-order valence-electron chi connectivity index (χ2n) is 6.04. The highest BCUT2D eigenvalue weighted by atomic mass is 32.1. The minimum absolute atomic E-state index is 0.0677. The number of anilines is 2. The smallest absolute Gasteiger partial charge is 0.268 e. The van der Waals surface area contributed by atoms with Gasteiger partial charge in [-0.1, -0.05) is 11.3 Å². The Labute approximate surface area is 127 Å². The number of carbonyl (C=O) groups is 2. The normalized spacial score (nSPS) is 16.3. The summed E-state index contributed by atoms with van der Waals surface area (Å²) in [5.41, 5.74) is 5.69. The zero-order valence-corrected chi connectivity index (χ0v) is 13.3. The molecule has 1 aromatic heterocycles. The van der Waals surface area contributed by atoms with Crippen molar-refractivity contribution in [2.75, 3.05) is 30.7 Å². The molecule has 0 saturated carbocycles. The lowest BCUT2D eigenvalue weighted by Gasteiger charge is -2.19. The summed E-state index contributed by atoms with van der Waals surface area (Å²) < 4.78 is 0. The van der Waals surface area contributed by atoms with E-state index in [4.69, 9.17) is 5.73 Å². The van der Waals surface area contributed by atoms with Gasteiger partial charge in [-0.15, -0.1) is 0 Å². The highest BCUT2D eigenvalue weighted by Gasteiger charge is 2.26. The first kappa shape index (κ1) is 15.6. The number of nitrogens with two attached hydrogens (primary N) is 1. The van der Waals surface area contributed by atoms with Crippen LogP contribution in [0.4, 0.5) is 10.9 Å². The van der Waals surface area contributed by atoms with E-state index in [0.717, 1.165) is 6.42 Å². The molecular weight excluding hydrogens is 290 g/mol. The van der Waals surface area contributed by atoms with Crippen LogP contribution in [0.2, 0.25) is 0 Å². The summed E-state index contributed by atoms with van der Waals surface area (Å²) in [4.78, 5) is 30.2. The second-order valence-corrected chi connectivity index (χ2v) is 7.04. The summed E-state index contributed by atoms with van der Waals surface area (Å²) in [6.45, 7) is 7.22. The Balaban J connectivity index is 2.17. The molecular formula is C13H21N5O2S. The first-order valence-electron chi connectivity index (χ1n) is 6.87. The molecule has 116 valence electrons. The minimum atomic E-state index is -0.232. The van der Waals surface area contributed by atoms with Crippen molar-refractivity contribution in [1.29, 1.82) is 0 Å². The van der Waals surface area contributed by atoms with Crippen LogP contribution < -0.4 is 16.4 Å². The van der Waals surface area contributed by atoms with Crippen LogP contribution in [-0.4, -0.2) is 46.9 Å². The molecule has 0 radical (unpaired) electrons. The largest absolute Gasteiger partial charge is 0.382 e. The molecule has 1 aliphatic rings. The van der Waals surface area contributed by atoms with Gasteiger partial charge in [0, 0.05) is 18.6 Å². The fourth-order valence-electron chi connectivity index (χ4n) is 1.98. The summed E-state index contributed by atoms with van der Waals surface area (Å²) in [7, 11) is 0. The van der Waals surface area contributed by atoms with Crippen molar-refractivity contribution in [2.24, 2.45) is 0 Å². The van der Waals surface area contributed by atoms with Crippen LogP contribution in [0.3, 0.4) is 0 Å². The maximum absolute atomic E-state index is 12.5. The Morgan fingerprint density at radius 2 is 2.19 bits per heavy atom. The molecule has 1 aromatic rings. The third-order valence-electron chi connectivity index (χ3n) is 2.88. The number of nitrogens with zero attached hydrogens (tertiary/aromatic N) is 2. The lowest BCUT2D eigenvalue weighted by Crippen LogP contribution is -2.37. The number of nitrogens with one attached hydrogen (secondary N) is 2. The van der Waals surface area contributed by atoms with Crippen LogP contribution in [0.25, 0.3) is 0 Å². The van der Waals surface area contributed by atoms with Crippen LogP contribution in [0.1, 0.15) is 36.9 Å². The standard InChI is InChI=1S/C13H21N5O2S/c1-13(2,3)17-12-16-10(14)9(21-12)11(20)18-6-4-5-15-8(19)7-18/h4-7,14H2,1-3H3,(H,15,19)(H,16,17). The van der Waals surface area contributed by atoms with Gasteiger partial charge in [-0.3, -0.25) is 9.59 Å². The Morgan fingerprint density at radius 1 is 1.48 bits per heavy atom. The Morgan fingerprint density at radius 3 is 2.86 bits per heavy atom. The van der Waals surface area contributed by atoms with Crippen molar-refractivity contribution < 1.29 is 9.59 Å². The van der Waals surface area contributed by atoms with Crippen LogP contribution in [0.15, 0.2) is 0 Å². The molecule has 8 heteroatoms. The fraction of sp³-hybridized carbons (Fsp3) is 0.615. The lowest BCUT2D eigenvalue weighted by molar-refractivity contribution is -0.121. The number of rotatable bonds is 2. The van der Waals surface area contributed by atoms with E-state index in [2.05, 4.69) is 15.6 Å². The number of hydrogen-bond donors (Lipinski definition) is 3. The van der Waals surface area contributed by atoms with Gasteiger partial charge in [0.25, 0.3) is 5.91 Å². The Kier molecular flexibility index (Phi) is 4.36. The molecule has 0 atom stereocenters. The summed E-state index contributed by atoms with van der Waals surface area (Å²) in [6.07, 6.45) is 0.739. The van der Waals surface area contributed by atoms with Gasteiger partial charge < -0.3 is 21.3 Å². The summed E-state index contributed by atoms with van der Waals surface area (Å²) in [5.74, 6) is -0.164. The van der Waals surface area contributed by atoms with Crippen molar-refractivity contribution in [3.8, 4) is 0 Å². The van der Waals surface area contributed by atoms with E-state index in [9.17, 15) is 9.59 Å². The maximum Gasteiger partial charge on any atom is 0.268 e. The molecule has 2 heterocycles. The summed E-state index contributed by atoms with van der Waals surface area (Å²) in [6, 6.07) is 0. The lowest BCUT2D eigenvalue weighted by atomic mass is 10.1. The average Bonchev–Trinajstić information content (AvgIpc) is 2.57. The second kappa shape index (κ2) is 5.88. The molecule has 7 nitrogen and oxygen atoms in total. The molecule has 0 unspecified atom stereocenters. The van der Waals surface area contributed by atoms with E-state index >= 15 is 0 Å². The van der Waals surface area contributed by atoms with E-state index in [0.29, 0.717) is 23.1 Å². The van der Waals surface area contributed by atoms with Crippen LogP contribution >= 0.6 is 11.3 Å². The van der Waals surface area contributed by atoms with E-state index < -0.39 is 0 Å². The molecule has 1 saturated heterocycles. The topological polar surface area (TPSA) is 100 Å². The highest BCUT2D eigenvalue weighted by molar-refractivity contribution is 7.18. The van der Waals surface area contributed by atoms with Crippen molar-refractivity contribution in [1.82, 2.24) is 15.2 Å². The third kappa shape index (κ3) is 4.07. The number of aromatic nitrogens is 1. The minimum Gasteiger partial charge on any atom is -0.382 e. The molecule has 0 bridgehead atoms. The first-order chi connectivity index (χ1) is 9.76. The van der Waals surface area contributed by atoms with E-state index in [-0.39, 0.29) is 29.7 Å². The van der Waals surface area contributed by atoms with Gasteiger partial charge in [0.05, 0.1) is 6.54 Å². The van der Waals surface area contributed by atoms with E-state index in [1.165, 1.54) is 16.2 Å². The molecule has 0 aliphatic carbocycles. The van der Waals surface area contributed by atoms with Crippen molar-refractivity contribution in [2.45, 2.75) is 32.7 Å². The van der Waals surface area contributed by atoms with Gasteiger partial charge in [-0.2, -0.15) is 0 Å². The zero-order chi connectivity index (χ0) is 15.6. The molecule has 0 aromatic carbocycles. The number of amides is 2. The fourth-order valence-corrected chi connectivity index (χ4v) is 3.04. The molecule has 0 spiro atoms. The van der Waals surface area contributed by atoms with Crippen LogP contribution in [0, 0.1) is 0 Å². The van der Waals surface area contributed by atoms with Gasteiger partial charge in [-0.25, -0.2) is 4.98 Å². The Bertz CT molecular complexity index is 549. The molecule has 2 rings (SSSR count). The first-order valence-corrected chi connectivity index (χ1v) is 7.68. The molecule has 1 fully saturated rings. The van der Waals surface area contributed by atoms with Crippen molar-refractivity contribution in [3.63, 3.8) is 0 Å². The van der Waals surface area contributed by atoms with E-state index in [1.54, 1.807) is 0 Å². The Hall–Kier alpha value is -1.83. The number of nitrogen functional groups attached to an aromatic ring is 1. The maximum atomic E-state index is 12.5. The van der Waals surface area contributed by atoms with E-state index in [1.807, 2.05) is 20.8 Å². The SMILES string of the molecule is CC(C)(C)Nc1nc(N)c(C(=O)N2CCCNC(=O)C2)s1. The van der Waals surface area contributed by atoms with Crippen LogP contribution in [0.5, 0.6) is 0 Å². The molecule has 2 amide bonds. The van der Waals surface area contributed by atoms with Gasteiger partial charge in [0.1, 0.15) is 10.7 Å². The van der Waals surface area contributed by atoms with Gasteiger partial charge in [0.15, 0.2) is 5.13 Å². The zero-order valence-electron chi connectivity index (χ0n) is 12.5. The summed E-state index contributed by atoms with van der Waals surface area (Å²) in [5, 5.41) is 6.56. The monoisotopic (exact) mass is 311 g/mol. The van der Waals surface area contributed by atoms with Crippen molar-refractivity contribution in [3.05, 3.63) is 4.88 Å². The van der Waals surface area contributed by atoms with Gasteiger partial charge in [0.2, 0.25) is 5.91 Å².